The van der Waals surface area contributed by atoms with Crippen molar-refractivity contribution in [1.82, 2.24) is 35.4 Å². The van der Waals surface area contributed by atoms with E-state index in [9.17, 15) is 4.79 Å². The van der Waals surface area contributed by atoms with Crippen molar-refractivity contribution in [3.63, 3.8) is 0 Å². The van der Waals surface area contributed by atoms with E-state index in [0.717, 1.165) is 41.7 Å². The number of aromatic amines is 1. The highest BCUT2D eigenvalue weighted by atomic mass is 19.1. The van der Waals surface area contributed by atoms with Crippen LogP contribution in [0.3, 0.4) is 0 Å². The Bertz CT molecular complexity index is 1550. The summed E-state index contributed by atoms with van der Waals surface area (Å²) < 4.78 is 16.9. The van der Waals surface area contributed by atoms with E-state index in [2.05, 4.69) is 30.7 Å². The van der Waals surface area contributed by atoms with E-state index < -0.39 is 5.82 Å². The molecule has 1 atom stereocenters. The van der Waals surface area contributed by atoms with E-state index >= 15 is 4.39 Å². The van der Waals surface area contributed by atoms with Crippen LogP contribution in [0.4, 0.5) is 4.39 Å². The number of nitrogens with zero attached hydrogens (tertiary/aromatic N) is 4. The van der Waals surface area contributed by atoms with Gasteiger partial charge in [-0.3, -0.25) is 14.5 Å². The lowest BCUT2D eigenvalue weighted by atomic mass is 9.99. The summed E-state index contributed by atoms with van der Waals surface area (Å²) >= 11 is 0. The molecule has 1 fully saturated rings. The van der Waals surface area contributed by atoms with Crippen LogP contribution in [-0.2, 0) is 7.05 Å². The summed E-state index contributed by atoms with van der Waals surface area (Å²) in [5.41, 5.74) is 4.62. The third kappa shape index (κ3) is 3.93. The third-order valence-electron chi connectivity index (χ3n) is 6.61. The molecule has 6 rings (SSSR count). The average Bonchev–Trinajstić information content (AvgIpc) is 3.62. The van der Waals surface area contributed by atoms with Crippen LogP contribution >= 0.6 is 0 Å². The Morgan fingerprint density at radius 2 is 2.03 bits per heavy atom. The van der Waals surface area contributed by atoms with Crippen molar-refractivity contribution in [2.75, 3.05) is 19.6 Å². The molecule has 176 valence electrons. The van der Waals surface area contributed by atoms with Gasteiger partial charge in [-0.25, -0.2) is 9.37 Å². The average molecular weight is 470 g/mol. The summed E-state index contributed by atoms with van der Waals surface area (Å²) in [5, 5.41) is 12.0. The van der Waals surface area contributed by atoms with Gasteiger partial charge in [-0.1, -0.05) is 12.1 Å². The first-order valence-electron chi connectivity index (χ1n) is 11.6. The molecule has 0 bridgehead atoms. The van der Waals surface area contributed by atoms with Crippen LogP contribution in [0.5, 0.6) is 0 Å². The molecular weight excluding hydrogens is 445 g/mol. The van der Waals surface area contributed by atoms with Crippen LogP contribution in [0.15, 0.2) is 55.1 Å². The van der Waals surface area contributed by atoms with E-state index in [4.69, 9.17) is 0 Å². The Labute approximate surface area is 200 Å². The van der Waals surface area contributed by atoms with Gasteiger partial charge in [-0.2, -0.15) is 5.10 Å². The van der Waals surface area contributed by atoms with Gasteiger partial charge in [0.15, 0.2) is 0 Å². The van der Waals surface area contributed by atoms with E-state index in [1.165, 1.54) is 6.20 Å². The number of halogens is 1. The molecule has 5 heterocycles. The Balaban J connectivity index is 1.37. The maximum absolute atomic E-state index is 15.2. The number of nitrogens with one attached hydrogen (secondary N) is 3. The second kappa shape index (κ2) is 8.59. The van der Waals surface area contributed by atoms with Gasteiger partial charge in [0.25, 0.3) is 5.91 Å². The molecule has 1 amide bonds. The molecule has 0 spiro atoms. The number of H-pyrrole nitrogens is 1. The Hall–Kier alpha value is -4.11. The van der Waals surface area contributed by atoms with Crippen LogP contribution in [0.2, 0.25) is 0 Å². The maximum atomic E-state index is 15.2. The zero-order chi connectivity index (χ0) is 23.9. The largest absolute Gasteiger partial charge is 0.352 e. The summed E-state index contributed by atoms with van der Waals surface area (Å²) in [6, 6.07) is 8.97. The summed E-state index contributed by atoms with van der Waals surface area (Å²) in [6.45, 7) is 2.57. The van der Waals surface area contributed by atoms with Gasteiger partial charge in [0.1, 0.15) is 11.5 Å². The Morgan fingerprint density at radius 1 is 1.17 bits per heavy atom. The predicted molar refractivity (Wildman–Crippen MR) is 132 cm³/mol. The van der Waals surface area contributed by atoms with Crippen LogP contribution in [0, 0.1) is 11.7 Å². The van der Waals surface area contributed by atoms with Gasteiger partial charge in [0.2, 0.25) is 0 Å². The molecular formula is C26H24FN7O. The van der Waals surface area contributed by atoms with E-state index in [0.29, 0.717) is 40.2 Å². The monoisotopic (exact) mass is 469 g/mol. The zero-order valence-corrected chi connectivity index (χ0v) is 19.2. The molecule has 1 aliphatic rings. The van der Waals surface area contributed by atoms with E-state index in [1.807, 2.05) is 19.3 Å². The maximum Gasteiger partial charge on any atom is 0.251 e. The second-order valence-electron chi connectivity index (χ2n) is 8.99. The standard InChI is InChI=1S/C26H24FN7O/c1-34-14-18(11-32-34)21-8-19-22(13-29-21)33-25-24(19)23(20(27)12-30-25)16-2-4-17(5-3-16)26(35)31-10-15-6-7-28-9-15/h2-5,8,11-15,28H,6-7,9-10H2,1H3,(H,30,33)(H,31,35)/t15-/m0/s1. The normalized spacial score (nSPS) is 15.8. The highest BCUT2D eigenvalue weighted by Gasteiger charge is 2.19. The van der Waals surface area contributed by atoms with Gasteiger partial charge in [-0.15, -0.1) is 0 Å². The molecule has 1 aromatic carbocycles. The van der Waals surface area contributed by atoms with Crippen molar-refractivity contribution in [3.05, 3.63) is 66.5 Å². The Kier molecular flexibility index (Phi) is 5.26. The number of benzene rings is 1. The molecule has 0 unspecified atom stereocenters. The molecule has 1 aliphatic heterocycles. The molecule has 35 heavy (non-hydrogen) atoms. The molecule has 0 saturated carbocycles. The zero-order valence-electron chi connectivity index (χ0n) is 19.2. The fraction of sp³-hybridized carbons (Fsp3) is 0.231. The number of rotatable bonds is 5. The number of aromatic nitrogens is 5. The van der Waals surface area contributed by atoms with Crippen LogP contribution < -0.4 is 10.6 Å². The molecule has 4 aromatic heterocycles. The minimum atomic E-state index is -0.427. The summed E-state index contributed by atoms with van der Waals surface area (Å²) in [7, 11) is 1.85. The van der Waals surface area contributed by atoms with Gasteiger partial charge >= 0.3 is 0 Å². The lowest BCUT2D eigenvalue weighted by molar-refractivity contribution is 0.0948. The van der Waals surface area contributed by atoms with Gasteiger partial charge in [0, 0.05) is 47.3 Å². The van der Waals surface area contributed by atoms with Crippen molar-refractivity contribution in [3.8, 4) is 22.4 Å². The lowest BCUT2D eigenvalue weighted by Crippen LogP contribution is -2.30. The van der Waals surface area contributed by atoms with Crippen molar-refractivity contribution >= 4 is 27.8 Å². The predicted octanol–water partition coefficient (Wildman–Crippen LogP) is 3.66. The van der Waals surface area contributed by atoms with Crippen molar-refractivity contribution < 1.29 is 9.18 Å². The van der Waals surface area contributed by atoms with Gasteiger partial charge < -0.3 is 15.6 Å². The summed E-state index contributed by atoms with van der Waals surface area (Å²) in [5.74, 6) is -0.0857. The first-order chi connectivity index (χ1) is 17.1. The van der Waals surface area contributed by atoms with Crippen LogP contribution in [-0.4, -0.2) is 50.3 Å². The first-order valence-corrected chi connectivity index (χ1v) is 11.6. The number of carbonyl (C=O) groups excluding carboxylic acids is 1. The molecule has 0 radical (unpaired) electrons. The van der Waals surface area contributed by atoms with Gasteiger partial charge in [-0.05, 0) is 49.2 Å². The van der Waals surface area contributed by atoms with Crippen molar-refractivity contribution in [2.24, 2.45) is 13.0 Å². The summed E-state index contributed by atoms with van der Waals surface area (Å²) in [6.07, 6.45) is 7.65. The van der Waals surface area contributed by atoms with E-state index in [-0.39, 0.29) is 5.91 Å². The second-order valence-corrected chi connectivity index (χ2v) is 8.99. The number of fused-ring (bicyclic) bond motifs is 3. The fourth-order valence-electron chi connectivity index (χ4n) is 4.74. The fourth-order valence-corrected chi connectivity index (χ4v) is 4.74. The molecule has 9 heteroatoms. The molecule has 5 aromatic rings. The summed E-state index contributed by atoms with van der Waals surface area (Å²) in [4.78, 5) is 24.7. The van der Waals surface area contributed by atoms with Gasteiger partial charge in [0.05, 0.1) is 29.8 Å². The van der Waals surface area contributed by atoms with Crippen LogP contribution in [0.1, 0.15) is 16.8 Å². The highest BCUT2D eigenvalue weighted by Crippen LogP contribution is 2.36. The van der Waals surface area contributed by atoms with Crippen molar-refractivity contribution in [2.45, 2.75) is 6.42 Å². The first kappa shape index (κ1) is 21.4. The Morgan fingerprint density at radius 3 is 2.77 bits per heavy atom. The highest BCUT2D eigenvalue weighted by molar-refractivity contribution is 6.13. The number of hydrogen-bond donors (Lipinski definition) is 3. The van der Waals surface area contributed by atoms with E-state index in [1.54, 1.807) is 41.3 Å². The minimum absolute atomic E-state index is 0.122. The molecule has 3 N–H and O–H groups in total. The number of amides is 1. The number of aryl methyl sites for hydroxylation is 1. The molecule has 1 saturated heterocycles. The van der Waals surface area contributed by atoms with Crippen LogP contribution in [0.25, 0.3) is 44.3 Å². The number of pyridine rings is 2. The smallest absolute Gasteiger partial charge is 0.251 e. The SMILES string of the molecule is Cn1cc(-c2cc3c(cn2)[nH]c2ncc(F)c(-c4ccc(C(=O)NC[C@H]5CCNC5)cc4)c23)cn1. The lowest BCUT2D eigenvalue weighted by Gasteiger charge is -2.11. The quantitative estimate of drug-likeness (QED) is 0.365. The number of carbonyl (C=O) groups is 1. The minimum Gasteiger partial charge on any atom is -0.352 e. The molecule has 0 aliphatic carbocycles. The molecule has 8 nitrogen and oxygen atoms in total. The topological polar surface area (TPSA) is 101 Å². The third-order valence-corrected chi connectivity index (χ3v) is 6.61. The van der Waals surface area contributed by atoms with Crippen molar-refractivity contribution in [1.29, 1.82) is 0 Å². The number of hydrogen-bond acceptors (Lipinski definition) is 5.